The molecule has 0 heterocycles. The van der Waals surface area contributed by atoms with Crippen molar-refractivity contribution in [2.45, 2.75) is 122 Å². The van der Waals surface area contributed by atoms with Crippen LogP contribution < -0.4 is 0 Å². The maximum atomic E-state index is 12.0. The van der Waals surface area contributed by atoms with E-state index in [-0.39, 0.29) is 25.2 Å². The minimum Gasteiger partial charge on any atom is -0.479 e. The molecule has 0 fully saturated rings. The summed E-state index contributed by atoms with van der Waals surface area (Å²) >= 11 is 0. The van der Waals surface area contributed by atoms with E-state index >= 15 is 0 Å². The van der Waals surface area contributed by atoms with Crippen LogP contribution in [0.1, 0.15) is 110 Å². The highest BCUT2D eigenvalue weighted by atomic mass is 19.4. The third-order valence-corrected chi connectivity index (χ3v) is 5.19. The van der Waals surface area contributed by atoms with Gasteiger partial charge in [-0.1, -0.05) is 78.1 Å². The molecule has 2 N–H and O–H groups in total. The van der Waals surface area contributed by atoms with E-state index in [1.54, 1.807) is 0 Å². The number of halogens is 3. The van der Waals surface area contributed by atoms with Crippen molar-refractivity contribution < 1.29 is 28.2 Å². The van der Waals surface area contributed by atoms with E-state index in [4.69, 9.17) is 0 Å². The van der Waals surface area contributed by atoms with E-state index in [1.807, 2.05) is 6.92 Å². The van der Waals surface area contributed by atoms with Crippen LogP contribution in [0.15, 0.2) is 0 Å². The number of rotatable bonds is 17. The van der Waals surface area contributed by atoms with Crippen molar-refractivity contribution in [2.24, 2.45) is 5.92 Å². The van der Waals surface area contributed by atoms with Gasteiger partial charge in [-0.2, -0.15) is 13.2 Å². The van der Waals surface area contributed by atoms with Gasteiger partial charge in [0.2, 0.25) is 0 Å². The van der Waals surface area contributed by atoms with Gasteiger partial charge in [-0.3, -0.25) is 0 Å². The predicted octanol–water partition coefficient (Wildman–Crippen LogP) is 6.87. The highest BCUT2D eigenvalue weighted by Gasteiger charge is 2.36. The molecule has 0 aromatic heterocycles. The molecule has 0 spiro atoms. The van der Waals surface area contributed by atoms with Crippen molar-refractivity contribution in [3.8, 4) is 0 Å². The normalized spacial score (nSPS) is 15.5. The van der Waals surface area contributed by atoms with Crippen LogP contribution in [0.5, 0.6) is 0 Å². The lowest BCUT2D eigenvalue weighted by atomic mass is 9.84. The Morgan fingerprint density at radius 2 is 1.33 bits per heavy atom. The zero-order chi connectivity index (χ0) is 20.8. The highest BCUT2D eigenvalue weighted by Crippen LogP contribution is 2.28. The zero-order valence-corrected chi connectivity index (χ0v) is 17.1. The summed E-state index contributed by atoms with van der Waals surface area (Å²) in [5.74, 6) is -0.966. The van der Waals surface area contributed by atoms with Crippen molar-refractivity contribution in [3.05, 3.63) is 0 Å². The summed E-state index contributed by atoms with van der Waals surface area (Å²) in [6, 6.07) is 0. The second-order valence-electron chi connectivity index (χ2n) is 8.09. The number of unbranched alkanes of at least 4 members (excludes halogenated alkanes) is 9. The molecule has 0 bridgehead atoms. The van der Waals surface area contributed by atoms with Gasteiger partial charge in [-0.25, -0.2) is 4.79 Å². The summed E-state index contributed by atoms with van der Waals surface area (Å²) in [6.07, 6.45) is 5.95. The third kappa shape index (κ3) is 14.9. The third-order valence-electron chi connectivity index (χ3n) is 5.19. The first-order valence-corrected chi connectivity index (χ1v) is 10.6. The van der Waals surface area contributed by atoms with Crippen molar-refractivity contribution >= 4 is 5.97 Å². The number of hydrogen-bond donors (Lipinski definition) is 2. The average Bonchev–Trinajstić information content (AvgIpc) is 2.56. The molecule has 0 radical (unpaired) electrons. The van der Waals surface area contributed by atoms with E-state index < -0.39 is 24.2 Å². The number of carboxylic acid groups (broad SMARTS) is 1. The Morgan fingerprint density at radius 3 is 1.81 bits per heavy atom. The Morgan fingerprint density at radius 1 is 0.852 bits per heavy atom. The maximum Gasteiger partial charge on any atom is 0.389 e. The largest absolute Gasteiger partial charge is 0.479 e. The van der Waals surface area contributed by atoms with Crippen molar-refractivity contribution in [1.82, 2.24) is 0 Å². The first-order valence-electron chi connectivity index (χ1n) is 10.6. The number of alkyl halides is 3. The van der Waals surface area contributed by atoms with Gasteiger partial charge in [-0.05, 0) is 31.6 Å². The van der Waals surface area contributed by atoms with Crippen LogP contribution in [-0.2, 0) is 4.79 Å². The van der Waals surface area contributed by atoms with Gasteiger partial charge in [-0.15, -0.1) is 0 Å². The van der Waals surface area contributed by atoms with Gasteiger partial charge < -0.3 is 10.2 Å². The smallest absolute Gasteiger partial charge is 0.389 e. The maximum absolute atomic E-state index is 12.0. The van der Waals surface area contributed by atoms with Gasteiger partial charge in [0.1, 0.15) is 0 Å². The fraction of sp³-hybridized carbons (Fsp3) is 0.952. The molecule has 3 nitrogen and oxygen atoms in total. The Bertz CT molecular complexity index is 385. The quantitative estimate of drug-likeness (QED) is 0.264. The number of hydrogen-bond acceptors (Lipinski definition) is 2. The lowest BCUT2D eigenvalue weighted by Crippen LogP contribution is -2.40. The van der Waals surface area contributed by atoms with Crippen LogP contribution in [0.2, 0.25) is 0 Å². The van der Waals surface area contributed by atoms with Crippen molar-refractivity contribution in [3.63, 3.8) is 0 Å². The lowest BCUT2D eigenvalue weighted by Gasteiger charge is -2.27. The van der Waals surface area contributed by atoms with Gasteiger partial charge in [0.05, 0.1) is 0 Å². The van der Waals surface area contributed by atoms with E-state index in [0.717, 1.165) is 51.4 Å². The number of aliphatic hydroxyl groups is 1. The van der Waals surface area contributed by atoms with Crippen LogP contribution in [0, 0.1) is 5.92 Å². The molecule has 0 aromatic rings. The van der Waals surface area contributed by atoms with Crippen LogP contribution in [0.3, 0.4) is 0 Å². The molecular formula is C21H39F3O3. The fourth-order valence-electron chi connectivity index (χ4n) is 3.52. The average molecular weight is 397 g/mol. The summed E-state index contributed by atoms with van der Waals surface area (Å²) in [5, 5.41) is 19.9. The van der Waals surface area contributed by atoms with Crippen LogP contribution in [-0.4, -0.2) is 28.0 Å². The summed E-state index contributed by atoms with van der Waals surface area (Å²) < 4.78 is 36.1. The zero-order valence-electron chi connectivity index (χ0n) is 17.1. The summed E-state index contributed by atoms with van der Waals surface area (Å²) in [5.41, 5.74) is -1.66. The van der Waals surface area contributed by atoms with Gasteiger partial charge in [0.25, 0.3) is 0 Å². The molecule has 0 aliphatic rings. The molecule has 2 atom stereocenters. The van der Waals surface area contributed by atoms with Crippen molar-refractivity contribution in [2.75, 3.05) is 0 Å². The number of carboxylic acids is 1. The monoisotopic (exact) mass is 396 g/mol. The molecule has 0 saturated heterocycles. The Labute approximate surface area is 162 Å². The Kier molecular flexibility index (Phi) is 13.8. The second kappa shape index (κ2) is 14.3. The Balaban J connectivity index is 3.92. The van der Waals surface area contributed by atoms with Crippen molar-refractivity contribution in [1.29, 1.82) is 0 Å². The molecule has 0 amide bonds. The minimum atomic E-state index is -4.06. The molecule has 2 unspecified atom stereocenters. The summed E-state index contributed by atoms with van der Waals surface area (Å²) in [4.78, 5) is 11.5. The first-order chi connectivity index (χ1) is 12.6. The lowest BCUT2D eigenvalue weighted by molar-refractivity contribution is -0.161. The van der Waals surface area contributed by atoms with E-state index in [0.29, 0.717) is 12.8 Å². The molecule has 27 heavy (non-hydrogen) atoms. The molecule has 0 saturated carbocycles. The molecule has 162 valence electrons. The number of carbonyl (C=O) groups is 1. The minimum absolute atomic E-state index is 0.177. The molecular weight excluding hydrogens is 357 g/mol. The Hall–Kier alpha value is -0.780. The van der Waals surface area contributed by atoms with Crippen LogP contribution in [0.25, 0.3) is 0 Å². The highest BCUT2D eigenvalue weighted by molar-refractivity contribution is 5.77. The second-order valence-corrected chi connectivity index (χ2v) is 8.09. The van der Waals surface area contributed by atoms with Crippen LogP contribution >= 0.6 is 0 Å². The first kappa shape index (κ1) is 26.2. The van der Waals surface area contributed by atoms with E-state index in [1.165, 1.54) is 6.42 Å². The fourth-order valence-corrected chi connectivity index (χ4v) is 3.52. The topological polar surface area (TPSA) is 57.5 Å². The SMILES string of the molecule is CCCCCCC(C)CC(O)(CCCCCCCCCC(F)(F)F)C(=O)O. The molecule has 0 aliphatic carbocycles. The molecule has 0 aliphatic heterocycles. The molecule has 0 rings (SSSR count). The van der Waals surface area contributed by atoms with Gasteiger partial charge in [0.15, 0.2) is 5.60 Å². The van der Waals surface area contributed by atoms with E-state index in [2.05, 4.69) is 6.92 Å². The standard InChI is InChI=1S/C21H39F3O3/c1-3-4-5-11-14-18(2)17-20(27,19(25)26)15-12-9-7-6-8-10-13-16-21(22,23)24/h18,27H,3-17H2,1-2H3,(H,25,26). The predicted molar refractivity (Wildman–Crippen MR) is 103 cm³/mol. The van der Waals surface area contributed by atoms with Gasteiger partial charge in [0, 0.05) is 6.42 Å². The van der Waals surface area contributed by atoms with Crippen LogP contribution in [0.4, 0.5) is 13.2 Å². The molecule has 6 heteroatoms. The molecule has 0 aromatic carbocycles. The van der Waals surface area contributed by atoms with E-state index in [9.17, 15) is 28.2 Å². The number of aliphatic carboxylic acids is 1. The van der Waals surface area contributed by atoms with Gasteiger partial charge >= 0.3 is 12.1 Å². The summed E-state index contributed by atoms with van der Waals surface area (Å²) in [7, 11) is 0. The summed E-state index contributed by atoms with van der Waals surface area (Å²) in [6.45, 7) is 4.15.